The van der Waals surface area contributed by atoms with Gasteiger partial charge >= 0.3 is 5.97 Å². The average molecular weight is 189 g/mol. The first-order chi connectivity index (χ1) is 5.72. The van der Waals surface area contributed by atoms with E-state index >= 15 is 0 Å². The predicted octanol–water partition coefficient (Wildman–Crippen LogP) is 0.466. The molecule has 0 bridgehead atoms. The largest absolute Gasteiger partial charge is 0.469 e. The Balaban J connectivity index is 2.26. The SMILES string of the molecule is COC(=O)CCC1=NC(Cl)=N[N]1. The van der Waals surface area contributed by atoms with Crippen LogP contribution in [0.4, 0.5) is 0 Å². The maximum absolute atomic E-state index is 10.7. The topological polar surface area (TPSA) is 65.1 Å². The lowest BCUT2D eigenvalue weighted by Crippen LogP contribution is -2.09. The Morgan fingerprint density at radius 3 is 2.92 bits per heavy atom. The Bertz CT molecular complexity index is 249. The minimum atomic E-state index is -0.295. The second-order valence-corrected chi connectivity index (χ2v) is 2.41. The minimum absolute atomic E-state index is 0.106. The highest BCUT2D eigenvalue weighted by Crippen LogP contribution is 2.02. The third-order valence-electron chi connectivity index (χ3n) is 1.25. The van der Waals surface area contributed by atoms with E-state index in [1.54, 1.807) is 0 Å². The molecule has 12 heavy (non-hydrogen) atoms. The van der Waals surface area contributed by atoms with E-state index in [-0.39, 0.29) is 17.7 Å². The van der Waals surface area contributed by atoms with Gasteiger partial charge in [0.15, 0.2) is 5.84 Å². The number of carbonyl (C=O) groups is 1. The molecule has 1 radical (unpaired) electrons. The number of aliphatic imine (C=N–C) groups is 1. The summed E-state index contributed by atoms with van der Waals surface area (Å²) in [5, 5.41) is 3.58. The van der Waals surface area contributed by atoms with Crippen molar-refractivity contribution in [2.45, 2.75) is 12.8 Å². The summed E-state index contributed by atoms with van der Waals surface area (Å²) in [5.74, 6) is 0.168. The van der Waals surface area contributed by atoms with Crippen LogP contribution in [-0.4, -0.2) is 24.2 Å². The quantitative estimate of drug-likeness (QED) is 0.477. The second-order valence-electron chi connectivity index (χ2n) is 2.07. The summed E-state index contributed by atoms with van der Waals surface area (Å²) in [6.07, 6.45) is 0.658. The Morgan fingerprint density at radius 1 is 1.67 bits per heavy atom. The van der Waals surface area contributed by atoms with Crippen molar-refractivity contribution in [1.82, 2.24) is 5.43 Å². The van der Waals surface area contributed by atoms with E-state index in [0.29, 0.717) is 12.3 Å². The van der Waals surface area contributed by atoms with Gasteiger partial charge in [0.25, 0.3) is 0 Å². The van der Waals surface area contributed by atoms with E-state index in [1.807, 2.05) is 0 Å². The monoisotopic (exact) mass is 188 g/mol. The van der Waals surface area contributed by atoms with Crippen LogP contribution in [0.1, 0.15) is 12.8 Å². The third-order valence-corrected chi connectivity index (χ3v) is 1.41. The second kappa shape index (κ2) is 4.06. The normalized spacial score (nSPS) is 14.8. The van der Waals surface area contributed by atoms with Gasteiger partial charge in [-0.3, -0.25) is 4.79 Å². The summed E-state index contributed by atoms with van der Waals surface area (Å²) in [7, 11) is 1.33. The molecule has 0 saturated carbocycles. The Kier molecular flexibility index (Phi) is 3.04. The zero-order valence-electron chi connectivity index (χ0n) is 6.45. The van der Waals surface area contributed by atoms with Crippen LogP contribution < -0.4 is 5.43 Å². The highest BCUT2D eigenvalue weighted by atomic mass is 35.5. The van der Waals surface area contributed by atoms with Crippen molar-refractivity contribution in [3.63, 3.8) is 0 Å². The fourth-order valence-corrected chi connectivity index (χ4v) is 0.807. The number of halogens is 1. The van der Waals surface area contributed by atoms with E-state index < -0.39 is 0 Å². The fourth-order valence-electron chi connectivity index (χ4n) is 0.672. The molecule has 0 saturated heterocycles. The van der Waals surface area contributed by atoms with Crippen LogP contribution in [0.2, 0.25) is 0 Å². The molecule has 0 N–H and O–H groups in total. The van der Waals surface area contributed by atoms with E-state index in [2.05, 4.69) is 20.3 Å². The van der Waals surface area contributed by atoms with Gasteiger partial charge in [0.05, 0.1) is 13.5 Å². The zero-order chi connectivity index (χ0) is 8.97. The van der Waals surface area contributed by atoms with Crippen LogP contribution in [-0.2, 0) is 9.53 Å². The molecule has 1 rings (SSSR count). The summed E-state index contributed by atoms with van der Waals surface area (Å²) in [4.78, 5) is 14.4. The van der Waals surface area contributed by atoms with Crippen LogP contribution in [0, 0.1) is 0 Å². The lowest BCUT2D eigenvalue weighted by Gasteiger charge is -1.96. The van der Waals surface area contributed by atoms with Crippen LogP contribution in [0.15, 0.2) is 10.1 Å². The average Bonchev–Trinajstić information content (AvgIpc) is 2.47. The van der Waals surface area contributed by atoms with Crippen molar-refractivity contribution >= 4 is 28.7 Å². The van der Waals surface area contributed by atoms with Crippen molar-refractivity contribution < 1.29 is 9.53 Å². The lowest BCUT2D eigenvalue weighted by molar-refractivity contribution is -0.140. The van der Waals surface area contributed by atoms with Gasteiger partial charge in [-0.2, -0.15) is 4.99 Å². The number of hydrogen-bond acceptors (Lipinski definition) is 4. The number of carbonyl (C=O) groups excluding carboxylic acids is 1. The number of ether oxygens (including phenoxy) is 1. The fraction of sp³-hybridized carbons (Fsp3) is 0.500. The van der Waals surface area contributed by atoms with Gasteiger partial charge in [-0.1, -0.05) is 0 Å². The standard InChI is InChI=1S/C6H7ClN3O2/c1-12-5(11)3-2-4-8-6(7)10-9-4/h2-3H2,1H3. The summed E-state index contributed by atoms with van der Waals surface area (Å²) in [6, 6.07) is 0. The molecule has 0 aromatic carbocycles. The molecule has 5 nitrogen and oxygen atoms in total. The van der Waals surface area contributed by atoms with Gasteiger partial charge in [-0.15, -0.1) is 10.5 Å². The first kappa shape index (κ1) is 8.99. The van der Waals surface area contributed by atoms with Crippen molar-refractivity contribution in [2.24, 2.45) is 10.1 Å². The zero-order valence-corrected chi connectivity index (χ0v) is 7.21. The first-order valence-corrected chi connectivity index (χ1v) is 3.68. The summed E-state index contributed by atoms with van der Waals surface area (Å²) in [5.41, 5.74) is 3.62. The molecule has 1 aliphatic heterocycles. The minimum Gasteiger partial charge on any atom is -0.469 e. The molecule has 0 aromatic rings. The van der Waals surface area contributed by atoms with Crippen molar-refractivity contribution in [3.05, 3.63) is 0 Å². The number of amidine groups is 2. The number of methoxy groups -OCH3 is 1. The molecule has 6 heteroatoms. The van der Waals surface area contributed by atoms with E-state index in [9.17, 15) is 4.79 Å². The molecule has 1 aliphatic rings. The van der Waals surface area contributed by atoms with Crippen molar-refractivity contribution in [3.8, 4) is 0 Å². The van der Waals surface area contributed by atoms with Crippen LogP contribution in [0.25, 0.3) is 0 Å². The predicted molar refractivity (Wildman–Crippen MR) is 44.1 cm³/mol. The molecule has 0 unspecified atom stereocenters. The van der Waals surface area contributed by atoms with Crippen LogP contribution >= 0.6 is 11.6 Å². The maximum atomic E-state index is 10.7. The summed E-state index contributed by atoms with van der Waals surface area (Å²) < 4.78 is 4.43. The molecule has 0 spiro atoms. The van der Waals surface area contributed by atoms with Gasteiger partial charge in [-0.25, -0.2) is 0 Å². The van der Waals surface area contributed by atoms with Gasteiger partial charge in [0.2, 0.25) is 5.29 Å². The smallest absolute Gasteiger partial charge is 0.305 e. The van der Waals surface area contributed by atoms with Crippen LogP contribution in [0.3, 0.4) is 0 Å². The molecular formula is C6H7ClN3O2. The molecule has 65 valence electrons. The Labute approximate surface area is 74.4 Å². The van der Waals surface area contributed by atoms with E-state index in [0.717, 1.165) is 0 Å². The number of esters is 1. The number of rotatable bonds is 3. The highest BCUT2D eigenvalue weighted by molar-refractivity contribution is 6.66. The lowest BCUT2D eigenvalue weighted by atomic mass is 10.3. The Morgan fingerprint density at radius 2 is 2.42 bits per heavy atom. The summed E-state index contributed by atoms with van der Waals surface area (Å²) in [6.45, 7) is 0. The summed E-state index contributed by atoms with van der Waals surface area (Å²) >= 11 is 5.41. The van der Waals surface area contributed by atoms with Gasteiger partial charge in [0, 0.05) is 6.42 Å². The highest BCUT2D eigenvalue weighted by Gasteiger charge is 2.11. The van der Waals surface area contributed by atoms with Crippen molar-refractivity contribution in [2.75, 3.05) is 7.11 Å². The van der Waals surface area contributed by atoms with Crippen molar-refractivity contribution in [1.29, 1.82) is 0 Å². The van der Waals surface area contributed by atoms with E-state index in [1.165, 1.54) is 7.11 Å². The number of nitrogens with zero attached hydrogens (tertiary/aromatic N) is 3. The van der Waals surface area contributed by atoms with Gasteiger partial charge < -0.3 is 4.74 Å². The molecular weight excluding hydrogens is 182 g/mol. The molecule has 1 heterocycles. The van der Waals surface area contributed by atoms with Gasteiger partial charge in [-0.05, 0) is 11.6 Å². The maximum Gasteiger partial charge on any atom is 0.305 e. The van der Waals surface area contributed by atoms with E-state index in [4.69, 9.17) is 11.6 Å². The van der Waals surface area contributed by atoms with Crippen LogP contribution in [0.5, 0.6) is 0 Å². The number of hydrogen-bond donors (Lipinski definition) is 0. The molecule has 0 amide bonds. The third kappa shape index (κ3) is 2.50. The molecule has 0 aromatic heterocycles. The molecule has 0 aliphatic carbocycles. The first-order valence-electron chi connectivity index (χ1n) is 3.31. The Hall–Kier alpha value is -1.10. The molecule has 0 atom stereocenters. The molecule has 0 fully saturated rings. The van der Waals surface area contributed by atoms with Gasteiger partial charge in [0.1, 0.15) is 0 Å².